The molecular formula is C12H15ClN2O3. The van der Waals surface area contributed by atoms with Gasteiger partial charge in [-0.15, -0.1) is 0 Å². The number of hydrogen-bond donors (Lipinski definition) is 2. The van der Waals surface area contributed by atoms with E-state index in [-0.39, 0.29) is 16.6 Å². The first-order valence-electron chi connectivity index (χ1n) is 5.43. The van der Waals surface area contributed by atoms with Crippen LogP contribution < -0.4 is 11.1 Å². The minimum atomic E-state index is -0.616. The highest BCUT2D eigenvalue weighted by Crippen LogP contribution is 2.21. The van der Waals surface area contributed by atoms with Gasteiger partial charge in [0.25, 0.3) is 0 Å². The zero-order valence-electron chi connectivity index (χ0n) is 10.2. The Hall–Kier alpha value is -1.75. The summed E-state index contributed by atoms with van der Waals surface area (Å²) in [5.41, 5.74) is 5.99. The number of carbonyl (C=O) groups excluding carboxylic acids is 2. The smallest absolute Gasteiger partial charge is 0.328 e. The van der Waals surface area contributed by atoms with Crippen molar-refractivity contribution in [2.45, 2.75) is 19.4 Å². The third kappa shape index (κ3) is 3.37. The van der Waals surface area contributed by atoms with Gasteiger partial charge < -0.3 is 15.8 Å². The molecule has 18 heavy (non-hydrogen) atoms. The number of ether oxygens (including phenoxy) is 1. The molecule has 0 saturated carbocycles. The molecule has 0 aliphatic rings. The van der Waals surface area contributed by atoms with Gasteiger partial charge in [-0.25, -0.2) is 4.79 Å². The second-order valence-electron chi connectivity index (χ2n) is 3.69. The first kappa shape index (κ1) is 14.3. The van der Waals surface area contributed by atoms with Crippen LogP contribution in [0.2, 0.25) is 5.02 Å². The van der Waals surface area contributed by atoms with Crippen molar-refractivity contribution >= 4 is 29.2 Å². The molecule has 0 aromatic heterocycles. The van der Waals surface area contributed by atoms with Crippen LogP contribution in [0.4, 0.5) is 5.69 Å². The molecule has 1 aromatic carbocycles. The molecule has 1 amide bonds. The summed E-state index contributed by atoms with van der Waals surface area (Å²) in [5.74, 6) is -0.983. The zero-order valence-corrected chi connectivity index (χ0v) is 11.0. The number of esters is 1. The highest BCUT2D eigenvalue weighted by Gasteiger charge is 2.17. The highest BCUT2D eigenvalue weighted by atomic mass is 35.5. The zero-order chi connectivity index (χ0) is 13.7. The molecule has 0 saturated heterocycles. The van der Waals surface area contributed by atoms with Gasteiger partial charge >= 0.3 is 5.97 Å². The van der Waals surface area contributed by atoms with Gasteiger partial charge in [-0.3, -0.25) is 4.79 Å². The Kier molecular flexibility index (Phi) is 4.97. The Morgan fingerprint density at radius 3 is 2.67 bits per heavy atom. The van der Waals surface area contributed by atoms with Gasteiger partial charge in [0, 0.05) is 5.69 Å². The molecule has 98 valence electrons. The maximum atomic E-state index is 11.4. The topological polar surface area (TPSA) is 81.4 Å². The number of primary amides is 1. The van der Waals surface area contributed by atoms with Crippen LogP contribution in [0.5, 0.6) is 0 Å². The van der Waals surface area contributed by atoms with Gasteiger partial charge in [0.2, 0.25) is 5.91 Å². The molecule has 0 fully saturated rings. The van der Waals surface area contributed by atoms with E-state index in [0.717, 1.165) is 0 Å². The fraction of sp³-hybridized carbons (Fsp3) is 0.333. The number of benzene rings is 1. The molecule has 1 unspecified atom stereocenters. The molecular weight excluding hydrogens is 256 g/mol. The van der Waals surface area contributed by atoms with E-state index in [4.69, 9.17) is 17.3 Å². The van der Waals surface area contributed by atoms with Crippen LogP contribution in [0, 0.1) is 0 Å². The molecule has 1 atom stereocenters. The minimum absolute atomic E-state index is 0.210. The van der Waals surface area contributed by atoms with Gasteiger partial charge in [0.1, 0.15) is 6.04 Å². The van der Waals surface area contributed by atoms with Crippen molar-refractivity contribution in [2.75, 3.05) is 12.4 Å². The molecule has 0 aliphatic heterocycles. The lowest BCUT2D eigenvalue weighted by Crippen LogP contribution is -2.30. The summed E-state index contributed by atoms with van der Waals surface area (Å²) in [6, 6.07) is 4.25. The molecule has 6 heteroatoms. The quantitative estimate of drug-likeness (QED) is 0.800. The monoisotopic (exact) mass is 270 g/mol. The fourth-order valence-electron chi connectivity index (χ4n) is 1.47. The molecule has 3 N–H and O–H groups in total. The van der Waals surface area contributed by atoms with Crippen LogP contribution in [-0.4, -0.2) is 25.0 Å². The Bertz CT molecular complexity index is 463. The maximum Gasteiger partial charge on any atom is 0.328 e. The van der Waals surface area contributed by atoms with Crippen LogP contribution in [0.25, 0.3) is 0 Å². The SMILES string of the molecule is CCC(Nc1ccc(Cl)c(C(N)=O)c1)C(=O)OC. The number of carbonyl (C=O) groups is 2. The summed E-state index contributed by atoms with van der Waals surface area (Å²) in [6.45, 7) is 1.85. The van der Waals surface area contributed by atoms with Gasteiger partial charge in [0.05, 0.1) is 17.7 Å². The van der Waals surface area contributed by atoms with E-state index >= 15 is 0 Å². The van der Waals surface area contributed by atoms with Crippen LogP contribution in [0.15, 0.2) is 18.2 Å². The van der Waals surface area contributed by atoms with Gasteiger partial charge in [0.15, 0.2) is 0 Å². The van der Waals surface area contributed by atoms with E-state index in [1.807, 2.05) is 6.92 Å². The van der Waals surface area contributed by atoms with Crippen LogP contribution in [-0.2, 0) is 9.53 Å². The highest BCUT2D eigenvalue weighted by molar-refractivity contribution is 6.33. The van der Waals surface area contributed by atoms with Crippen LogP contribution in [0.3, 0.4) is 0 Å². The summed E-state index contributed by atoms with van der Waals surface area (Å²) < 4.78 is 4.66. The van der Waals surface area contributed by atoms with Crippen molar-refractivity contribution in [1.29, 1.82) is 0 Å². The molecule has 0 spiro atoms. The van der Waals surface area contributed by atoms with Crippen LogP contribution in [0.1, 0.15) is 23.7 Å². The predicted octanol–water partition coefficient (Wildman–Crippen LogP) is 1.80. The molecule has 0 aliphatic carbocycles. The number of rotatable bonds is 5. The number of nitrogens with one attached hydrogen (secondary N) is 1. The maximum absolute atomic E-state index is 11.4. The Morgan fingerprint density at radius 2 is 2.17 bits per heavy atom. The number of halogens is 1. The fourth-order valence-corrected chi connectivity index (χ4v) is 1.69. The van der Waals surface area contributed by atoms with Gasteiger partial charge in [-0.2, -0.15) is 0 Å². The Balaban J connectivity index is 2.94. The largest absolute Gasteiger partial charge is 0.467 e. The second kappa shape index (κ2) is 6.26. The number of nitrogens with two attached hydrogens (primary N) is 1. The lowest BCUT2D eigenvalue weighted by atomic mass is 10.1. The number of methoxy groups -OCH3 is 1. The third-order valence-electron chi connectivity index (χ3n) is 2.47. The summed E-state index contributed by atoms with van der Waals surface area (Å²) in [5, 5.41) is 3.24. The summed E-state index contributed by atoms with van der Waals surface area (Å²) in [6.07, 6.45) is 0.557. The van der Waals surface area contributed by atoms with E-state index in [2.05, 4.69) is 10.1 Å². The van der Waals surface area contributed by atoms with Crippen molar-refractivity contribution in [3.63, 3.8) is 0 Å². The Labute approximate surface area is 110 Å². The Morgan fingerprint density at radius 1 is 1.50 bits per heavy atom. The van der Waals surface area contributed by atoms with Gasteiger partial charge in [-0.05, 0) is 24.6 Å². The lowest BCUT2D eigenvalue weighted by Gasteiger charge is -2.16. The first-order valence-corrected chi connectivity index (χ1v) is 5.81. The van der Waals surface area contributed by atoms with E-state index in [0.29, 0.717) is 12.1 Å². The van der Waals surface area contributed by atoms with Crippen LogP contribution >= 0.6 is 11.6 Å². The van der Waals surface area contributed by atoms with Crippen molar-refractivity contribution in [3.05, 3.63) is 28.8 Å². The van der Waals surface area contributed by atoms with E-state index in [1.165, 1.54) is 13.2 Å². The van der Waals surface area contributed by atoms with Crippen molar-refractivity contribution in [3.8, 4) is 0 Å². The molecule has 5 nitrogen and oxygen atoms in total. The molecule has 0 heterocycles. The van der Waals surface area contributed by atoms with E-state index in [1.54, 1.807) is 12.1 Å². The molecule has 1 aromatic rings. The summed E-state index contributed by atoms with van der Waals surface area (Å²) >= 11 is 5.83. The number of hydrogen-bond acceptors (Lipinski definition) is 4. The summed E-state index contributed by atoms with van der Waals surface area (Å²) in [4.78, 5) is 22.6. The molecule has 0 radical (unpaired) electrons. The first-order chi connectivity index (χ1) is 8.49. The average Bonchev–Trinajstić information content (AvgIpc) is 2.36. The van der Waals surface area contributed by atoms with Crippen molar-refractivity contribution in [1.82, 2.24) is 0 Å². The molecule has 1 rings (SSSR count). The lowest BCUT2D eigenvalue weighted by molar-refractivity contribution is -0.141. The third-order valence-corrected chi connectivity index (χ3v) is 2.80. The number of anilines is 1. The molecule has 0 bridgehead atoms. The summed E-state index contributed by atoms with van der Waals surface area (Å²) in [7, 11) is 1.32. The number of amides is 1. The van der Waals surface area contributed by atoms with E-state index < -0.39 is 11.9 Å². The normalized spacial score (nSPS) is 11.7. The minimum Gasteiger partial charge on any atom is -0.467 e. The van der Waals surface area contributed by atoms with Crippen molar-refractivity contribution < 1.29 is 14.3 Å². The van der Waals surface area contributed by atoms with Gasteiger partial charge in [-0.1, -0.05) is 18.5 Å². The van der Waals surface area contributed by atoms with E-state index in [9.17, 15) is 9.59 Å². The average molecular weight is 271 g/mol. The predicted molar refractivity (Wildman–Crippen MR) is 69.7 cm³/mol. The second-order valence-corrected chi connectivity index (χ2v) is 4.09. The standard InChI is InChI=1S/C12H15ClN2O3/c1-3-10(12(17)18-2)15-7-4-5-9(13)8(6-7)11(14)16/h4-6,10,15H,3H2,1-2H3,(H2,14,16). The van der Waals surface area contributed by atoms with Crippen molar-refractivity contribution in [2.24, 2.45) is 5.73 Å².